The van der Waals surface area contributed by atoms with Crippen LogP contribution in [-0.2, 0) is 9.59 Å². The van der Waals surface area contributed by atoms with Gasteiger partial charge in [0, 0.05) is 10.7 Å². The van der Waals surface area contributed by atoms with Crippen molar-refractivity contribution in [1.29, 1.82) is 0 Å². The normalized spacial score (nSPS) is 18.3. The fourth-order valence-electron chi connectivity index (χ4n) is 3.43. The molecule has 1 fully saturated rings. The molecule has 1 aromatic heterocycles. The number of hydrogen-bond donors (Lipinski definition) is 1. The standard InChI is InChI=1S/C22H16ClNO5/c1-28-16-9-3-2-8-15(16)20(25)18-19(17-10-5-11-29-17)24(22(27)21(18)26)14-7-4-6-13(23)12-14/h2-12,19,25H,1H3/b20-18-. The van der Waals surface area contributed by atoms with Crippen LogP contribution in [0.1, 0.15) is 17.4 Å². The van der Waals surface area contributed by atoms with Gasteiger partial charge < -0.3 is 14.3 Å². The summed E-state index contributed by atoms with van der Waals surface area (Å²) >= 11 is 6.09. The number of halogens is 1. The molecule has 146 valence electrons. The van der Waals surface area contributed by atoms with Gasteiger partial charge in [-0.3, -0.25) is 14.5 Å². The van der Waals surface area contributed by atoms with Crippen LogP contribution in [0.4, 0.5) is 5.69 Å². The van der Waals surface area contributed by atoms with Crippen molar-refractivity contribution in [1.82, 2.24) is 0 Å². The molecule has 29 heavy (non-hydrogen) atoms. The highest BCUT2D eigenvalue weighted by Gasteiger charge is 2.48. The van der Waals surface area contributed by atoms with Gasteiger partial charge in [-0.1, -0.05) is 29.8 Å². The predicted molar refractivity (Wildman–Crippen MR) is 108 cm³/mol. The minimum absolute atomic E-state index is 0.0885. The molecule has 2 heterocycles. The zero-order valence-corrected chi connectivity index (χ0v) is 16.1. The number of benzene rings is 2. The highest BCUT2D eigenvalue weighted by Crippen LogP contribution is 2.43. The molecule has 2 aromatic carbocycles. The summed E-state index contributed by atoms with van der Waals surface area (Å²) < 4.78 is 10.8. The highest BCUT2D eigenvalue weighted by atomic mass is 35.5. The van der Waals surface area contributed by atoms with E-state index in [0.717, 1.165) is 0 Å². The van der Waals surface area contributed by atoms with E-state index in [0.29, 0.717) is 27.8 Å². The summed E-state index contributed by atoms with van der Waals surface area (Å²) in [5.41, 5.74) is 0.630. The first kappa shape index (κ1) is 18.8. The number of Topliss-reactive ketones (excluding diaryl/α,β-unsaturated/α-hetero) is 1. The maximum Gasteiger partial charge on any atom is 0.300 e. The van der Waals surface area contributed by atoms with Crippen molar-refractivity contribution in [2.45, 2.75) is 6.04 Å². The number of carbonyl (C=O) groups excluding carboxylic acids is 2. The number of ketones is 1. The molecule has 7 heteroatoms. The van der Waals surface area contributed by atoms with Gasteiger partial charge in [0.1, 0.15) is 23.3 Å². The molecule has 1 atom stereocenters. The first-order valence-corrected chi connectivity index (χ1v) is 9.14. The van der Waals surface area contributed by atoms with Crippen molar-refractivity contribution in [3.05, 3.63) is 88.8 Å². The summed E-state index contributed by atoms with van der Waals surface area (Å²) in [7, 11) is 1.46. The van der Waals surface area contributed by atoms with Crippen molar-refractivity contribution in [2.75, 3.05) is 12.0 Å². The Morgan fingerprint density at radius 1 is 1.10 bits per heavy atom. The third kappa shape index (κ3) is 3.17. The molecule has 0 radical (unpaired) electrons. The summed E-state index contributed by atoms with van der Waals surface area (Å²) in [6.07, 6.45) is 1.44. The molecule has 1 aliphatic heterocycles. The number of anilines is 1. The number of ether oxygens (including phenoxy) is 1. The second-order valence-corrected chi connectivity index (χ2v) is 6.80. The van der Waals surface area contributed by atoms with Crippen molar-refractivity contribution >= 4 is 34.7 Å². The summed E-state index contributed by atoms with van der Waals surface area (Å²) in [5, 5.41) is 11.5. The molecule has 0 saturated carbocycles. The maximum absolute atomic E-state index is 13.0. The van der Waals surface area contributed by atoms with Gasteiger partial charge in [-0.2, -0.15) is 0 Å². The smallest absolute Gasteiger partial charge is 0.300 e. The minimum Gasteiger partial charge on any atom is -0.507 e. The zero-order chi connectivity index (χ0) is 20.5. The Morgan fingerprint density at radius 2 is 1.90 bits per heavy atom. The molecular formula is C22H16ClNO5. The van der Waals surface area contributed by atoms with E-state index in [1.54, 1.807) is 60.7 Å². The van der Waals surface area contributed by atoms with Crippen LogP contribution in [0.25, 0.3) is 5.76 Å². The van der Waals surface area contributed by atoms with Crippen molar-refractivity contribution in [3.8, 4) is 5.75 Å². The monoisotopic (exact) mass is 409 g/mol. The lowest BCUT2D eigenvalue weighted by Gasteiger charge is -2.23. The first-order chi connectivity index (χ1) is 14.0. The maximum atomic E-state index is 13.0. The minimum atomic E-state index is -0.951. The summed E-state index contributed by atoms with van der Waals surface area (Å²) in [6, 6.07) is 15.6. The number of para-hydroxylation sites is 1. The topological polar surface area (TPSA) is 80.0 Å². The quantitative estimate of drug-likeness (QED) is 0.388. The van der Waals surface area contributed by atoms with E-state index in [-0.39, 0.29) is 11.3 Å². The van der Waals surface area contributed by atoms with Crippen LogP contribution in [0.15, 0.2) is 76.9 Å². The molecule has 1 saturated heterocycles. The molecule has 3 aromatic rings. The Morgan fingerprint density at radius 3 is 2.59 bits per heavy atom. The van der Waals surface area contributed by atoms with Gasteiger partial charge in [0.25, 0.3) is 11.7 Å². The lowest BCUT2D eigenvalue weighted by molar-refractivity contribution is -0.132. The number of amides is 1. The second-order valence-electron chi connectivity index (χ2n) is 6.36. The van der Waals surface area contributed by atoms with Crippen LogP contribution in [0.3, 0.4) is 0 Å². The van der Waals surface area contributed by atoms with Gasteiger partial charge >= 0.3 is 0 Å². The Bertz CT molecular complexity index is 1120. The fraction of sp³-hybridized carbons (Fsp3) is 0.0909. The van der Waals surface area contributed by atoms with Crippen LogP contribution < -0.4 is 9.64 Å². The first-order valence-electron chi connectivity index (χ1n) is 8.76. The predicted octanol–water partition coefficient (Wildman–Crippen LogP) is 4.57. The number of methoxy groups -OCH3 is 1. The largest absolute Gasteiger partial charge is 0.507 e. The number of nitrogens with zero attached hydrogens (tertiary/aromatic N) is 1. The Balaban J connectivity index is 1.96. The average Bonchev–Trinajstić information content (AvgIpc) is 3.34. The van der Waals surface area contributed by atoms with Crippen LogP contribution >= 0.6 is 11.6 Å². The Kier molecular flexibility index (Phi) is 4.86. The molecule has 1 amide bonds. The van der Waals surface area contributed by atoms with Crippen LogP contribution in [0, 0.1) is 0 Å². The molecule has 0 spiro atoms. The number of hydrogen-bond acceptors (Lipinski definition) is 5. The zero-order valence-electron chi connectivity index (χ0n) is 15.3. The van der Waals surface area contributed by atoms with E-state index >= 15 is 0 Å². The third-order valence-corrected chi connectivity index (χ3v) is 4.94. The van der Waals surface area contributed by atoms with Gasteiger partial charge in [0.2, 0.25) is 0 Å². The molecule has 0 aliphatic carbocycles. The van der Waals surface area contributed by atoms with Crippen molar-refractivity contribution in [2.24, 2.45) is 0 Å². The Labute approximate surface area is 171 Å². The lowest BCUT2D eigenvalue weighted by Crippen LogP contribution is -2.29. The average molecular weight is 410 g/mol. The van der Waals surface area contributed by atoms with Gasteiger partial charge in [0.15, 0.2) is 0 Å². The van der Waals surface area contributed by atoms with E-state index in [1.165, 1.54) is 18.3 Å². The molecule has 0 bridgehead atoms. The van der Waals surface area contributed by atoms with Gasteiger partial charge in [0.05, 0.1) is 24.5 Å². The molecule has 4 rings (SSSR count). The number of aliphatic hydroxyl groups is 1. The van der Waals surface area contributed by atoms with Crippen LogP contribution in [0.5, 0.6) is 5.75 Å². The van der Waals surface area contributed by atoms with E-state index in [4.69, 9.17) is 20.8 Å². The van der Waals surface area contributed by atoms with E-state index in [2.05, 4.69) is 0 Å². The number of aliphatic hydroxyl groups excluding tert-OH is 1. The van der Waals surface area contributed by atoms with Gasteiger partial charge in [-0.15, -0.1) is 0 Å². The van der Waals surface area contributed by atoms with Crippen LogP contribution in [0.2, 0.25) is 5.02 Å². The molecule has 1 aliphatic rings. The third-order valence-electron chi connectivity index (χ3n) is 4.71. The molecular weight excluding hydrogens is 394 g/mol. The summed E-state index contributed by atoms with van der Waals surface area (Å²) in [5.74, 6) is -1.25. The van der Waals surface area contributed by atoms with E-state index in [9.17, 15) is 14.7 Å². The number of carbonyl (C=O) groups is 2. The lowest BCUT2D eigenvalue weighted by atomic mass is 9.98. The molecule has 6 nitrogen and oxygen atoms in total. The summed E-state index contributed by atoms with van der Waals surface area (Å²) in [4.78, 5) is 27.2. The molecule has 1 unspecified atom stereocenters. The Hall–Kier alpha value is -3.51. The van der Waals surface area contributed by atoms with Crippen molar-refractivity contribution < 1.29 is 23.8 Å². The fourth-order valence-corrected chi connectivity index (χ4v) is 3.61. The number of furan rings is 1. The number of rotatable bonds is 4. The van der Waals surface area contributed by atoms with E-state index < -0.39 is 17.7 Å². The second kappa shape index (κ2) is 7.48. The highest BCUT2D eigenvalue weighted by molar-refractivity contribution is 6.51. The van der Waals surface area contributed by atoms with Gasteiger partial charge in [-0.05, 0) is 42.5 Å². The van der Waals surface area contributed by atoms with Crippen LogP contribution in [-0.4, -0.2) is 23.9 Å². The van der Waals surface area contributed by atoms with Gasteiger partial charge in [-0.25, -0.2) is 0 Å². The van der Waals surface area contributed by atoms with E-state index in [1.807, 2.05) is 0 Å². The van der Waals surface area contributed by atoms with Crippen molar-refractivity contribution in [3.63, 3.8) is 0 Å². The SMILES string of the molecule is COc1ccccc1/C(O)=C1/C(=O)C(=O)N(c2cccc(Cl)c2)C1c1ccco1. The summed E-state index contributed by atoms with van der Waals surface area (Å²) in [6.45, 7) is 0. The molecule has 1 N–H and O–H groups in total.